The van der Waals surface area contributed by atoms with Gasteiger partial charge in [-0.25, -0.2) is 4.79 Å². The van der Waals surface area contributed by atoms with E-state index in [0.29, 0.717) is 11.3 Å². The molecule has 0 aliphatic heterocycles. The second kappa shape index (κ2) is 4.10. The molecule has 0 saturated heterocycles. The van der Waals surface area contributed by atoms with Gasteiger partial charge in [0.25, 0.3) is 0 Å². The van der Waals surface area contributed by atoms with Crippen LogP contribution in [0.5, 0.6) is 0 Å². The standard InChI is InChI=1S/C17H11NO2/c19-17-15(11-13-6-2-4-8-16(13)20-17)18-10-9-12-5-1-3-7-14(12)18/h1-11H. The molecule has 96 valence electrons. The third-order valence-corrected chi connectivity index (χ3v) is 3.48. The molecule has 0 amide bonds. The molecule has 2 heterocycles. The fraction of sp³-hybridized carbons (Fsp3) is 0. The van der Waals surface area contributed by atoms with Crippen molar-refractivity contribution >= 4 is 21.9 Å². The van der Waals surface area contributed by atoms with E-state index in [1.165, 1.54) is 0 Å². The minimum atomic E-state index is -0.329. The van der Waals surface area contributed by atoms with Crippen LogP contribution in [-0.4, -0.2) is 4.57 Å². The quantitative estimate of drug-likeness (QED) is 0.489. The van der Waals surface area contributed by atoms with Crippen molar-refractivity contribution in [2.75, 3.05) is 0 Å². The summed E-state index contributed by atoms with van der Waals surface area (Å²) in [6, 6.07) is 19.3. The largest absolute Gasteiger partial charge is 0.421 e. The number of benzene rings is 2. The molecule has 3 nitrogen and oxygen atoms in total. The molecule has 2 aromatic heterocycles. The summed E-state index contributed by atoms with van der Waals surface area (Å²) in [5.74, 6) is 0. The third kappa shape index (κ3) is 1.57. The molecule has 0 radical (unpaired) electrons. The molecule has 0 bridgehead atoms. The van der Waals surface area contributed by atoms with Gasteiger partial charge in [-0.2, -0.15) is 0 Å². The molecule has 0 unspecified atom stereocenters. The van der Waals surface area contributed by atoms with E-state index in [1.807, 2.05) is 65.4 Å². The van der Waals surface area contributed by atoms with Crippen LogP contribution in [0.4, 0.5) is 0 Å². The minimum absolute atomic E-state index is 0.329. The van der Waals surface area contributed by atoms with Crippen LogP contribution in [0.25, 0.3) is 27.6 Å². The van der Waals surface area contributed by atoms with Crippen LogP contribution in [0.2, 0.25) is 0 Å². The number of rotatable bonds is 1. The van der Waals surface area contributed by atoms with E-state index in [2.05, 4.69) is 0 Å². The van der Waals surface area contributed by atoms with Gasteiger partial charge in [0.2, 0.25) is 0 Å². The Morgan fingerprint density at radius 1 is 0.850 bits per heavy atom. The van der Waals surface area contributed by atoms with E-state index in [-0.39, 0.29) is 5.63 Å². The first-order chi connectivity index (χ1) is 9.83. The summed E-state index contributed by atoms with van der Waals surface area (Å²) in [6.07, 6.45) is 1.89. The molecule has 20 heavy (non-hydrogen) atoms. The van der Waals surface area contributed by atoms with E-state index in [0.717, 1.165) is 16.3 Å². The van der Waals surface area contributed by atoms with Crippen molar-refractivity contribution in [3.8, 4) is 5.69 Å². The van der Waals surface area contributed by atoms with Gasteiger partial charge in [-0.05, 0) is 29.7 Å². The highest BCUT2D eigenvalue weighted by Gasteiger charge is 2.09. The summed E-state index contributed by atoms with van der Waals surface area (Å²) >= 11 is 0. The van der Waals surface area contributed by atoms with Gasteiger partial charge in [-0.3, -0.25) is 0 Å². The first kappa shape index (κ1) is 11.1. The number of hydrogen-bond acceptors (Lipinski definition) is 2. The Morgan fingerprint density at radius 3 is 2.50 bits per heavy atom. The second-order valence-corrected chi connectivity index (χ2v) is 4.70. The van der Waals surface area contributed by atoms with E-state index >= 15 is 0 Å². The van der Waals surface area contributed by atoms with Crippen molar-refractivity contribution in [3.63, 3.8) is 0 Å². The maximum absolute atomic E-state index is 12.2. The number of para-hydroxylation sites is 2. The first-order valence-electron chi connectivity index (χ1n) is 6.42. The number of nitrogens with zero attached hydrogens (tertiary/aromatic N) is 1. The predicted molar refractivity (Wildman–Crippen MR) is 79.3 cm³/mol. The van der Waals surface area contributed by atoms with Crippen molar-refractivity contribution in [1.82, 2.24) is 4.57 Å². The lowest BCUT2D eigenvalue weighted by Gasteiger charge is -2.05. The highest BCUT2D eigenvalue weighted by Crippen LogP contribution is 2.21. The minimum Gasteiger partial charge on any atom is -0.421 e. The molecule has 0 aliphatic carbocycles. The maximum atomic E-state index is 12.2. The van der Waals surface area contributed by atoms with Gasteiger partial charge >= 0.3 is 5.63 Å². The summed E-state index contributed by atoms with van der Waals surface area (Å²) in [5, 5.41) is 2.01. The highest BCUT2D eigenvalue weighted by atomic mass is 16.4. The maximum Gasteiger partial charge on any atom is 0.360 e. The number of aromatic nitrogens is 1. The fourth-order valence-corrected chi connectivity index (χ4v) is 2.51. The topological polar surface area (TPSA) is 35.1 Å². The summed E-state index contributed by atoms with van der Waals surface area (Å²) in [6.45, 7) is 0. The average molecular weight is 261 g/mol. The normalized spacial score (nSPS) is 11.2. The summed E-state index contributed by atoms with van der Waals surface area (Å²) in [7, 11) is 0. The van der Waals surface area contributed by atoms with Gasteiger partial charge in [-0.15, -0.1) is 0 Å². The molecule has 0 N–H and O–H groups in total. The molecule has 3 heteroatoms. The Labute approximate surface area is 114 Å². The average Bonchev–Trinajstić information content (AvgIpc) is 2.90. The van der Waals surface area contributed by atoms with E-state index in [4.69, 9.17) is 4.42 Å². The van der Waals surface area contributed by atoms with Crippen LogP contribution in [-0.2, 0) is 0 Å². The lowest BCUT2D eigenvalue weighted by molar-refractivity contribution is 0.556. The SMILES string of the molecule is O=c1oc2ccccc2cc1-n1ccc2ccccc21. The van der Waals surface area contributed by atoms with Crippen LogP contribution in [0.3, 0.4) is 0 Å². The smallest absolute Gasteiger partial charge is 0.360 e. The van der Waals surface area contributed by atoms with Crippen molar-refractivity contribution in [3.05, 3.63) is 77.3 Å². The monoisotopic (exact) mass is 261 g/mol. The Bertz CT molecular complexity index is 979. The van der Waals surface area contributed by atoms with E-state index in [1.54, 1.807) is 6.07 Å². The van der Waals surface area contributed by atoms with Crippen LogP contribution < -0.4 is 5.63 Å². The second-order valence-electron chi connectivity index (χ2n) is 4.70. The molecule has 4 aromatic rings. The van der Waals surface area contributed by atoms with Crippen LogP contribution in [0.15, 0.2) is 76.1 Å². The summed E-state index contributed by atoms with van der Waals surface area (Å²) in [5.41, 5.74) is 1.81. The molecule has 0 saturated carbocycles. The Kier molecular flexibility index (Phi) is 2.27. The van der Waals surface area contributed by atoms with E-state index in [9.17, 15) is 4.79 Å². The lowest BCUT2D eigenvalue weighted by atomic mass is 10.2. The van der Waals surface area contributed by atoms with E-state index < -0.39 is 0 Å². The lowest BCUT2D eigenvalue weighted by Crippen LogP contribution is -2.09. The fourth-order valence-electron chi connectivity index (χ4n) is 2.51. The van der Waals surface area contributed by atoms with Gasteiger partial charge in [0, 0.05) is 11.6 Å². The predicted octanol–water partition coefficient (Wildman–Crippen LogP) is 3.74. The van der Waals surface area contributed by atoms with Crippen molar-refractivity contribution < 1.29 is 4.42 Å². The van der Waals surface area contributed by atoms with Crippen molar-refractivity contribution in [2.24, 2.45) is 0 Å². The third-order valence-electron chi connectivity index (χ3n) is 3.48. The molecule has 0 aliphatic rings. The summed E-state index contributed by atoms with van der Waals surface area (Å²) < 4.78 is 7.26. The zero-order valence-electron chi connectivity index (χ0n) is 10.6. The van der Waals surface area contributed by atoms with Crippen LogP contribution in [0.1, 0.15) is 0 Å². The van der Waals surface area contributed by atoms with Crippen molar-refractivity contribution in [1.29, 1.82) is 0 Å². The number of hydrogen-bond donors (Lipinski definition) is 0. The first-order valence-corrected chi connectivity index (χ1v) is 6.42. The van der Waals surface area contributed by atoms with Gasteiger partial charge < -0.3 is 8.98 Å². The highest BCUT2D eigenvalue weighted by molar-refractivity contribution is 5.83. The molecule has 0 atom stereocenters. The van der Waals surface area contributed by atoms with Gasteiger partial charge in [-0.1, -0.05) is 36.4 Å². The molecular weight excluding hydrogens is 250 g/mol. The zero-order valence-corrected chi connectivity index (χ0v) is 10.6. The molecular formula is C17H11NO2. The van der Waals surface area contributed by atoms with Crippen LogP contribution in [0, 0.1) is 0 Å². The molecule has 0 fully saturated rings. The Hall–Kier alpha value is -2.81. The van der Waals surface area contributed by atoms with Gasteiger partial charge in [0.15, 0.2) is 0 Å². The molecule has 0 spiro atoms. The molecule has 2 aromatic carbocycles. The van der Waals surface area contributed by atoms with Crippen molar-refractivity contribution in [2.45, 2.75) is 0 Å². The number of fused-ring (bicyclic) bond motifs is 2. The van der Waals surface area contributed by atoms with Gasteiger partial charge in [0.05, 0.1) is 5.52 Å². The Balaban J connectivity index is 2.07. The summed E-state index contributed by atoms with van der Waals surface area (Å²) in [4.78, 5) is 12.2. The zero-order chi connectivity index (χ0) is 13.5. The van der Waals surface area contributed by atoms with Crippen LogP contribution >= 0.6 is 0 Å². The Morgan fingerprint density at radius 2 is 1.60 bits per heavy atom. The van der Waals surface area contributed by atoms with Gasteiger partial charge in [0.1, 0.15) is 11.3 Å². The molecule has 4 rings (SSSR count).